The zero-order valence-corrected chi connectivity index (χ0v) is 17.7. The minimum atomic E-state index is -0.0349. The number of benzene rings is 1. The molecule has 1 aromatic heterocycles. The molecule has 5 heteroatoms. The first-order chi connectivity index (χ1) is 12.8. The van der Waals surface area contributed by atoms with Crippen LogP contribution in [-0.2, 0) is 4.79 Å². The number of allylic oxidation sites excluding steroid dienone is 1. The van der Waals surface area contributed by atoms with Crippen LogP contribution in [0.1, 0.15) is 38.3 Å². The van der Waals surface area contributed by atoms with E-state index in [1.165, 1.54) is 0 Å². The molecular formula is C22H28ClN3O. The Hall–Kier alpha value is -2.33. The fourth-order valence-corrected chi connectivity index (χ4v) is 3.14. The smallest absolute Gasteiger partial charge is 0.247 e. The Labute approximate surface area is 167 Å². The molecule has 1 amide bonds. The Morgan fingerprint density at radius 2 is 1.93 bits per heavy atom. The van der Waals surface area contributed by atoms with Crippen molar-refractivity contribution in [1.29, 1.82) is 0 Å². The molecule has 2 aromatic rings. The van der Waals surface area contributed by atoms with E-state index in [0.717, 1.165) is 40.1 Å². The molecule has 1 N–H and O–H groups in total. The van der Waals surface area contributed by atoms with E-state index < -0.39 is 0 Å². The largest absolute Gasteiger partial charge is 0.363 e. The van der Waals surface area contributed by atoms with Crippen LogP contribution in [0.5, 0.6) is 0 Å². The van der Waals surface area contributed by atoms with Gasteiger partial charge >= 0.3 is 0 Å². The summed E-state index contributed by atoms with van der Waals surface area (Å²) in [5.74, 6) is 0.866. The lowest BCUT2D eigenvalue weighted by molar-refractivity contribution is -0.117. The second kappa shape index (κ2) is 9.05. The second-order valence-electron chi connectivity index (χ2n) is 6.93. The molecule has 0 spiro atoms. The predicted molar refractivity (Wildman–Crippen MR) is 115 cm³/mol. The Kier molecular flexibility index (Phi) is 7.03. The van der Waals surface area contributed by atoms with Gasteiger partial charge in [-0.3, -0.25) is 4.79 Å². The minimum Gasteiger partial charge on any atom is -0.363 e. The molecule has 144 valence electrons. The number of amides is 1. The summed E-state index contributed by atoms with van der Waals surface area (Å²) in [5.41, 5.74) is 5.74. The van der Waals surface area contributed by atoms with Crippen molar-refractivity contribution in [3.63, 3.8) is 0 Å². The number of anilines is 1. The molecule has 27 heavy (non-hydrogen) atoms. The van der Waals surface area contributed by atoms with Gasteiger partial charge in [0.15, 0.2) is 0 Å². The van der Waals surface area contributed by atoms with Crippen LogP contribution in [0.2, 0.25) is 5.02 Å². The molecule has 1 aromatic carbocycles. The van der Waals surface area contributed by atoms with Crippen molar-refractivity contribution in [2.45, 2.75) is 34.1 Å². The number of halogens is 1. The van der Waals surface area contributed by atoms with Crippen molar-refractivity contribution < 1.29 is 4.79 Å². The molecule has 0 radical (unpaired) electrons. The molecule has 0 saturated heterocycles. The highest BCUT2D eigenvalue weighted by atomic mass is 35.5. The Morgan fingerprint density at radius 1 is 1.22 bits per heavy atom. The number of rotatable bonds is 6. The molecule has 0 bridgehead atoms. The normalized spacial score (nSPS) is 11.8. The molecule has 4 nitrogen and oxygen atoms in total. The molecule has 0 atom stereocenters. The molecule has 0 unspecified atom stereocenters. The standard InChI is InChI=1S/C22H28ClN3O/c1-7-10-24-22(27)15(3)14(2)19-11-18(23)12-20(16(19)4)17-8-9-21(25-13-17)26(5)6/h8-9,11-13H,7,10H2,1-6H3,(H,24,27)/b15-14+. The zero-order chi connectivity index (χ0) is 20.1. The topological polar surface area (TPSA) is 45.2 Å². The van der Waals surface area contributed by atoms with E-state index in [1.807, 2.05) is 70.2 Å². The summed E-state index contributed by atoms with van der Waals surface area (Å²) in [6.07, 6.45) is 2.77. The van der Waals surface area contributed by atoms with Crippen LogP contribution < -0.4 is 10.2 Å². The van der Waals surface area contributed by atoms with Gasteiger partial charge in [0.05, 0.1) is 0 Å². The molecule has 0 aliphatic heterocycles. The fourth-order valence-electron chi connectivity index (χ4n) is 2.92. The van der Waals surface area contributed by atoms with Crippen LogP contribution in [-0.4, -0.2) is 31.5 Å². The first-order valence-electron chi connectivity index (χ1n) is 9.16. The van der Waals surface area contributed by atoms with E-state index in [-0.39, 0.29) is 5.91 Å². The second-order valence-corrected chi connectivity index (χ2v) is 7.37. The van der Waals surface area contributed by atoms with Crippen molar-refractivity contribution in [3.05, 3.63) is 52.2 Å². The number of carbonyl (C=O) groups is 1. The molecule has 0 aliphatic carbocycles. The summed E-state index contributed by atoms with van der Waals surface area (Å²) in [6.45, 7) is 8.59. The van der Waals surface area contributed by atoms with E-state index in [9.17, 15) is 4.79 Å². The van der Waals surface area contributed by atoms with Gasteiger partial charge in [0, 0.05) is 43.0 Å². The third kappa shape index (κ3) is 4.89. The zero-order valence-electron chi connectivity index (χ0n) is 17.0. The first-order valence-corrected chi connectivity index (χ1v) is 9.54. The number of carbonyl (C=O) groups excluding carboxylic acids is 1. The Morgan fingerprint density at radius 3 is 2.48 bits per heavy atom. The number of hydrogen-bond donors (Lipinski definition) is 1. The number of aromatic nitrogens is 1. The van der Waals surface area contributed by atoms with Crippen molar-refractivity contribution in [3.8, 4) is 11.1 Å². The first kappa shape index (κ1) is 21.0. The van der Waals surface area contributed by atoms with Crippen LogP contribution >= 0.6 is 11.6 Å². The molecular weight excluding hydrogens is 358 g/mol. The number of nitrogens with zero attached hydrogens (tertiary/aromatic N) is 2. The van der Waals surface area contributed by atoms with E-state index in [2.05, 4.69) is 17.2 Å². The summed E-state index contributed by atoms with van der Waals surface area (Å²) in [5, 5.41) is 3.58. The summed E-state index contributed by atoms with van der Waals surface area (Å²) in [7, 11) is 3.93. The Bertz CT molecular complexity index is 855. The van der Waals surface area contributed by atoms with Gasteiger partial charge < -0.3 is 10.2 Å². The maximum absolute atomic E-state index is 12.4. The molecule has 2 rings (SSSR count). The highest BCUT2D eigenvalue weighted by Gasteiger charge is 2.15. The van der Waals surface area contributed by atoms with E-state index in [4.69, 9.17) is 11.6 Å². The van der Waals surface area contributed by atoms with Gasteiger partial charge in [-0.25, -0.2) is 4.98 Å². The van der Waals surface area contributed by atoms with Gasteiger partial charge in [0.1, 0.15) is 5.82 Å². The number of hydrogen-bond acceptors (Lipinski definition) is 3. The van der Waals surface area contributed by atoms with E-state index in [0.29, 0.717) is 17.1 Å². The molecule has 0 fully saturated rings. The van der Waals surface area contributed by atoms with Gasteiger partial charge in [-0.05, 0) is 73.7 Å². The van der Waals surface area contributed by atoms with Crippen molar-refractivity contribution in [2.24, 2.45) is 0 Å². The van der Waals surface area contributed by atoms with Gasteiger partial charge in [-0.15, -0.1) is 0 Å². The average molecular weight is 386 g/mol. The lowest BCUT2D eigenvalue weighted by atomic mass is 9.91. The SMILES string of the molecule is CCCNC(=O)/C(C)=C(\C)c1cc(Cl)cc(-c2ccc(N(C)C)nc2)c1C. The van der Waals surface area contributed by atoms with Crippen LogP contribution in [0.4, 0.5) is 5.82 Å². The quantitative estimate of drug-likeness (QED) is 0.704. The number of pyridine rings is 1. The Balaban J connectivity index is 2.50. The van der Waals surface area contributed by atoms with Crippen LogP contribution in [0.15, 0.2) is 36.0 Å². The summed E-state index contributed by atoms with van der Waals surface area (Å²) < 4.78 is 0. The number of nitrogens with one attached hydrogen (secondary N) is 1. The third-order valence-electron chi connectivity index (χ3n) is 4.73. The van der Waals surface area contributed by atoms with Gasteiger partial charge in [0.2, 0.25) is 5.91 Å². The van der Waals surface area contributed by atoms with Gasteiger partial charge in [-0.2, -0.15) is 0 Å². The molecule has 0 saturated carbocycles. The fraction of sp³-hybridized carbons (Fsp3) is 0.364. The van der Waals surface area contributed by atoms with Crippen LogP contribution in [0, 0.1) is 6.92 Å². The monoisotopic (exact) mass is 385 g/mol. The molecule has 0 aliphatic rings. The maximum Gasteiger partial charge on any atom is 0.247 e. The van der Waals surface area contributed by atoms with Crippen LogP contribution in [0.3, 0.4) is 0 Å². The van der Waals surface area contributed by atoms with E-state index >= 15 is 0 Å². The highest BCUT2D eigenvalue weighted by Crippen LogP contribution is 2.34. The van der Waals surface area contributed by atoms with E-state index in [1.54, 1.807) is 0 Å². The lowest BCUT2D eigenvalue weighted by Gasteiger charge is -2.16. The maximum atomic E-state index is 12.4. The molecule has 1 heterocycles. The van der Waals surface area contributed by atoms with Gasteiger partial charge in [0.25, 0.3) is 0 Å². The summed E-state index contributed by atoms with van der Waals surface area (Å²) >= 11 is 6.41. The highest BCUT2D eigenvalue weighted by molar-refractivity contribution is 6.31. The third-order valence-corrected chi connectivity index (χ3v) is 4.95. The summed E-state index contributed by atoms with van der Waals surface area (Å²) in [6, 6.07) is 7.91. The van der Waals surface area contributed by atoms with Crippen LogP contribution in [0.25, 0.3) is 16.7 Å². The minimum absolute atomic E-state index is 0.0349. The predicted octanol–water partition coefficient (Wildman–Crippen LogP) is 5.10. The average Bonchev–Trinajstić information content (AvgIpc) is 2.66. The van der Waals surface area contributed by atoms with Gasteiger partial charge in [-0.1, -0.05) is 18.5 Å². The lowest BCUT2D eigenvalue weighted by Crippen LogP contribution is -2.25. The summed E-state index contributed by atoms with van der Waals surface area (Å²) in [4.78, 5) is 18.8. The van der Waals surface area contributed by atoms with Crippen molar-refractivity contribution in [2.75, 3.05) is 25.5 Å². The van der Waals surface area contributed by atoms with Crippen molar-refractivity contribution >= 4 is 28.9 Å². The van der Waals surface area contributed by atoms with Crippen molar-refractivity contribution in [1.82, 2.24) is 10.3 Å².